The highest BCUT2D eigenvalue weighted by Gasteiger charge is 2.36. The van der Waals surface area contributed by atoms with Gasteiger partial charge in [0.15, 0.2) is 5.69 Å². The molecule has 130 valence electrons. The number of halogens is 3. The summed E-state index contributed by atoms with van der Waals surface area (Å²) < 4.78 is 39.8. The van der Waals surface area contributed by atoms with Gasteiger partial charge in [-0.15, -0.1) is 0 Å². The van der Waals surface area contributed by atoms with E-state index >= 15 is 0 Å². The average Bonchev–Trinajstić information content (AvgIpc) is 3.11. The minimum atomic E-state index is -4.43. The van der Waals surface area contributed by atoms with Crippen molar-refractivity contribution in [3.05, 3.63) is 35.4 Å². The fourth-order valence-electron chi connectivity index (χ4n) is 3.01. The monoisotopic (exact) mass is 341 g/mol. The first kappa shape index (κ1) is 16.5. The number of alkyl halides is 3. The van der Waals surface area contributed by atoms with E-state index in [2.05, 4.69) is 15.0 Å². The maximum Gasteiger partial charge on any atom is 0.434 e. The smallest absolute Gasteiger partial charge is 0.340 e. The number of hydrogen-bond acceptors (Lipinski definition) is 3. The van der Waals surface area contributed by atoms with Crippen molar-refractivity contribution in [2.75, 3.05) is 13.6 Å². The Balaban J connectivity index is 1.65. The van der Waals surface area contributed by atoms with Crippen molar-refractivity contribution in [1.29, 1.82) is 0 Å². The highest BCUT2D eigenvalue weighted by atomic mass is 19.4. The number of carbonyl (C=O) groups excluding carboxylic acids is 1. The number of nitrogens with zero attached hydrogens (tertiary/aromatic N) is 4. The summed E-state index contributed by atoms with van der Waals surface area (Å²) in [6, 6.07) is 0. The lowest BCUT2D eigenvalue weighted by Crippen LogP contribution is -2.35. The minimum absolute atomic E-state index is 0.0887. The third kappa shape index (κ3) is 3.29. The predicted molar refractivity (Wildman–Crippen MR) is 79.3 cm³/mol. The lowest BCUT2D eigenvalue weighted by atomic mass is 9.99. The molecule has 1 aliphatic heterocycles. The molecule has 0 fully saturated rings. The van der Waals surface area contributed by atoms with E-state index in [4.69, 9.17) is 0 Å². The van der Waals surface area contributed by atoms with Crippen LogP contribution in [0, 0.1) is 12.8 Å². The van der Waals surface area contributed by atoms with Gasteiger partial charge in [-0.25, -0.2) is 9.97 Å². The van der Waals surface area contributed by atoms with E-state index in [0.29, 0.717) is 43.3 Å². The van der Waals surface area contributed by atoms with Crippen LogP contribution in [0.25, 0.3) is 0 Å². The Morgan fingerprint density at radius 2 is 2.25 bits per heavy atom. The number of aryl methyl sites for hydroxylation is 2. The lowest BCUT2D eigenvalue weighted by molar-refractivity contribution is -0.141. The first-order chi connectivity index (χ1) is 11.2. The Hall–Kier alpha value is -2.32. The summed E-state index contributed by atoms with van der Waals surface area (Å²) in [5, 5.41) is 0. The van der Waals surface area contributed by atoms with Crippen LogP contribution in [0.15, 0.2) is 12.4 Å². The fraction of sp³-hybridized carbons (Fsp3) is 0.533. The molecule has 6 nitrogen and oxygen atoms in total. The van der Waals surface area contributed by atoms with Crippen LogP contribution in [0.3, 0.4) is 0 Å². The van der Waals surface area contributed by atoms with Gasteiger partial charge in [-0.05, 0) is 19.3 Å². The number of aromatic amines is 1. The van der Waals surface area contributed by atoms with E-state index in [1.54, 1.807) is 23.4 Å². The second-order valence-corrected chi connectivity index (χ2v) is 6.17. The maximum atomic E-state index is 12.7. The number of hydrogen-bond donors (Lipinski definition) is 1. The zero-order valence-corrected chi connectivity index (χ0v) is 13.4. The number of H-pyrrole nitrogens is 1. The number of nitrogens with one attached hydrogen (secondary N) is 1. The number of imidazole rings is 2. The van der Waals surface area contributed by atoms with Crippen molar-refractivity contribution in [3.8, 4) is 0 Å². The molecule has 3 heterocycles. The number of amides is 1. The second-order valence-electron chi connectivity index (χ2n) is 6.17. The molecular formula is C15H18F3N5O. The summed E-state index contributed by atoms with van der Waals surface area (Å²) >= 11 is 0. The number of carbonyl (C=O) groups is 1. The van der Waals surface area contributed by atoms with Crippen LogP contribution in [0.1, 0.15) is 34.3 Å². The van der Waals surface area contributed by atoms with Gasteiger partial charge in [0.25, 0.3) is 5.91 Å². The zero-order chi connectivity index (χ0) is 17.5. The molecule has 1 amide bonds. The average molecular weight is 341 g/mol. The van der Waals surface area contributed by atoms with Crippen LogP contribution in [0.5, 0.6) is 0 Å². The highest BCUT2D eigenvalue weighted by molar-refractivity contribution is 5.91. The quantitative estimate of drug-likeness (QED) is 0.931. The van der Waals surface area contributed by atoms with Gasteiger partial charge < -0.3 is 14.5 Å². The van der Waals surface area contributed by atoms with Crippen molar-refractivity contribution in [3.63, 3.8) is 0 Å². The van der Waals surface area contributed by atoms with Crippen LogP contribution >= 0.6 is 0 Å². The van der Waals surface area contributed by atoms with Gasteiger partial charge in [0.1, 0.15) is 17.3 Å². The Bertz CT molecular complexity index is 749. The van der Waals surface area contributed by atoms with Crippen LogP contribution in [-0.4, -0.2) is 43.9 Å². The van der Waals surface area contributed by atoms with E-state index in [1.807, 2.05) is 0 Å². The van der Waals surface area contributed by atoms with Gasteiger partial charge in [-0.1, -0.05) is 0 Å². The van der Waals surface area contributed by atoms with Gasteiger partial charge in [0.05, 0.1) is 6.20 Å². The molecule has 2 aromatic rings. The van der Waals surface area contributed by atoms with Crippen molar-refractivity contribution < 1.29 is 18.0 Å². The molecule has 2 aromatic heterocycles. The molecule has 1 atom stereocenters. The zero-order valence-electron chi connectivity index (χ0n) is 13.4. The summed E-state index contributed by atoms with van der Waals surface area (Å²) in [7, 11) is 1.68. The van der Waals surface area contributed by atoms with E-state index in [9.17, 15) is 18.0 Å². The van der Waals surface area contributed by atoms with E-state index in [1.165, 1.54) is 6.20 Å². The topological polar surface area (TPSA) is 66.8 Å². The molecule has 3 rings (SSSR count). The number of aromatic nitrogens is 4. The molecule has 0 radical (unpaired) electrons. The van der Waals surface area contributed by atoms with E-state index < -0.39 is 11.9 Å². The molecule has 1 aliphatic rings. The Labute approximate surface area is 136 Å². The van der Waals surface area contributed by atoms with Gasteiger partial charge in [-0.3, -0.25) is 4.79 Å². The molecule has 0 aliphatic carbocycles. The van der Waals surface area contributed by atoms with E-state index in [-0.39, 0.29) is 11.8 Å². The minimum Gasteiger partial charge on any atom is -0.340 e. The largest absolute Gasteiger partial charge is 0.434 e. The summed E-state index contributed by atoms with van der Waals surface area (Å²) in [4.78, 5) is 24.4. The SMILES string of the molecule is Cc1ncc(C(=O)N(C)CC2CCc3nc(C(F)(F)F)cn3C2)[nH]1. The first-order valence-electron chi connectivity index (χ1n) is 7.64. The van der Waals surface area contributed by atoms with Crippen LogP contribution in [0.2, 0.25) is 0 Å². The maximum absolute atomic E-state index is 12.7. The molecule has 0 saturated carbocycles. The van der Waals surface area contributed by atoms with Crippen molar-refractivity contribution >= 4 is 5.91 Å². The molecule has 0 bridgehead atoms. The molecule has 0 spiro atoms. The highest BCUT2D eigenvalue weighted by Crippen LogP contribution is 2.30. The van der Waals surface area contributed by atoms with Crippen LogP contribution in [0.4, 0.5) is 13.2 Å². The second kappa shape index (κ2) is 5.95. The van der Waals surface area contributed by atoms with Crippen LogP contribution in [-0.2, 0) is 19.1 Å². The summed E-state index contributed by atoms with van der Waals surface area (Å²) in [6.07, 6.45) is -0.703. The summed E-state index contributed by atoms with van der Waals surface area (Å²) in [5.74, 6) is 1.03. The van der Waals surface area contributed by atoms with Gasteiger partial charge >= 0.3 is 6.18 Å². The van der Waals surface area contributed by atoms with Gasteiger partial charge in [-0.2, -0.15) is 13.2 Å². The molecule has 9 heteroatoms. The van der Waals surface area contributed by atoms with Gasteiger partial charge in [0.2, 0.25) is 0 Å². The molecule has 1 unspecified atom stereocenters. The first-order valence-corrected chi connectivity index (χ1v) is 7.64. The molecule has 1 N–H and O–H groups in total. The Morgan fingerprint density at radius 3 is 2.88 bits per heavy atom. The molecule has 24 heavy (non-hydrogen) atoms. The normalized spacial score (nSPS) is 17.6. The van der Waals surface area contributed by atoms with E-state index in [0.717, 1.165) is 6.20 Å². The number of fused-ring (bicyclic) bond motifs is 1. The standard InChI is InChI=1S/C15H18F3N5O/c1-9-19-5-11(20-9)14(24)22(2)6-10-3-4-13-21-12(15(16,17)18)8-23(13)7-10/h5,8,10H,3-4,6-7H2,1-2H3,(H,19,20). The fourth-order valence-corrected chi connectivity index (χ4v) is 3.01. The van der Waals surface area contributed by atoms with Crippen molar-refractivity contribution in [2.45, 2.75) is 32.5 Å². The number of rotatable bonds is 3. The van der Waals surface area contributed by atoms with Crippen molar-refractivity contribution in [2.24, 2.45) is 5.92 Å². The third-order valence-electron chi connectivity index (χ3n) is 4.19. The van der Waals surface area contributed by atoms with Crippen molar-refractivity contribution in [1.82, 2.24) is 24.4 Å². The van der Waals surface area contributed by atoms with Crippen LogP contribution < -0.4 is 0 Å². The Morgan fingerprint density at radius 1 is 1.50 bits per heavy atom. The predicted octanol–water partition coefficient (Wildman–Crippen LogP) is 2.27. The van der Waals surface area contributed by atoms with Gasteiger partial charge in [0, 0.05) is 32.8 Å². The summed E-state index contributed by atoms with van der Waals surface area (Å²) in [5.41, 5.74) is -0.441. The Kier molecular flexibility index (Phi) is 4.10. The molecular weight excluding hydrogens is 323 g/mol. The lowest BCUT2D eigenvalue weighted by Gasteiger charge is -2.27. The summed E-state index contributed by atoms with van der Waals surface area (Å²) in [6.45, 7) is 2.66. The molecule has 0 aromatic carbocycles. The third-order valence-corrected chi connectivity index (χ3v) is 4.19. The molecule has 0 saturated heterocycles.